The van der Waals surface area contributed by atoms with Crippen LogP contribution in [0.3, 0.4) is 0 Å². The molecule has 3 atom stereocenters. The summed E-state index contributed by atoms with van der Waals surface area (Å²) in [7, 11) is 0. The van der Waals surface area contributed by atoms with E-state index in [-0.39, 0.29) is 35.5 Å². The Balaban J connectivity index is 0.00000261. The first-order valence-electron chi connectivity index (χ1n) is 10.6. The minimum absolute atomic E-state index is 0. The molecule has 3 unspecified atom stereocenters. The zero-order chi connectivity index (χ0) is 18.4. The highest BCUT2D eigenvalue weighted by Gasteiger charge is 2.35. The second-order valence-corrected chi connectivity index (χ2v) is 8.60. The predicted octanol–water partition coefficient (Wildman–Crippen LogP) is 2.17. The van der Waals surface area contributed by atoms with E-state index in [0.717, 1.165) is 83.6 Å². The van der Waals surface area contributed by atoms with Crippen molar-refractivity contribution >= 4 is 29.9 Å². The number of piperazine rings is 1. The van der Waals surface area contributed by atoms with Gasteiger partial charge in [-0.15, -0.1) is 24.0 Å². The van der Waals surface area contributed by atoms with Gasteiger partial charge in [0.25, 0.3) is 0 Å². The smallest absolute Gasteiger partial charge is 0.194 e. The Morgan fingerprint density at radius 2 is 2.00 bits per heavy atom. The van der Waals surface area contributed by atoms with Gasteiger partial charge in [0, 0.05) is 51.3 Å². The number of ether oxygens (including phenoxy) is 1. The fourth-order valence-electron chi connectivity index (χ4n) is 4.48. The number of rotatable bonds is 5. The summed E-state index contributed by atoms with van der Waals surface area (Å²) in [4.78, 5) is 9.91. The number of hydrogen-bond acceptors (Lipinski definition) is 4. The molecular formula is C20H39IN4O2. The molecule has 0 aromatic heterocycles. The second kappa shape index (κ2) is 11.2. The second-order valence-electron chi connectivity index (χ2n) is 8.60. The van der Waals surface area contributed by atoms with Gasteiger partial charge in [0.1, 0.15) is 0 Å². The van der Waals surface area contributed by atoms with Crippen LogP contribution in [0.2, 0.25) is 0 Å². The van der Waals surface area contributed by atoms with Gasteiger partial charge in [-0.25, -0.2) is 0 Å². The maximum absolute atomic E-state index is 10.4. The molecule has 0 amide bonds. The fraction of sp³-hybridized carbons (Fsp3) is 0.950. The highest BCUT2D eigenvalue weighted by atomic mass is 127. The van der Waals surface area contributed by atoms with Crippen molar-refractivity contribution in [2.45, 2.75) is 52.1 Å². The van der Waals surface area contributed by atoms with E-state index >= 15 is 0 Å². The van der Waals surface area contributed by atoms with Crippen molar-refractivity contribution in [1.29, 1.82) is 0 Å². The minimum atomic E-state index is -0.214. The Hall–Kier alpha value is -0.120. The average molecular weight is 494 g/mol. The van der Waals surface area contributed by atoms with Gasteiger partial charge in [-0.1, -0.05) is 19.8 Å². The largest absolute Gasteiger partial charge is 0.392 e. The van der Waals surface area contributed by atoms with E-state index in [9.17, 15) is 5.11 Å². The van der Waals surface area contributed by atoms with Gasteiger partial charge >= 0.3 is 0 Å². The lowest BCUT2D eigenvalue weighted by Gasteiger charge is -2.39. The molecule has 2 heterocycles. The summed E-state index contributed by atoms with van der Waals surface area (Å²) < 4.78 is 5.51. The van der Waals surface area contributed by atoms with E-state index < -0.39 is 0 Å². The standard InChI is InChI=1S/C20H38N4O2.HI/c1-3-21-19(22-16-20(2)8-5-4-6-18(20)25)24-11-9-23(10-12-24)14-17-7-13-26-15-17;/h17-18,25H,3-16H2,1-2H3,(H,21,22);1H. The number of halogens is 1. The third-order valence-electron chi connectivity index (χ3n) is 6.42. The molecule has 0 spiro atoms. The normalized spacial score (nSPS) is 33.0. The maximum atomic E-state index is 10.4. The Bertz CT molecular complexity index is 465. The zero-order valence-electron chi connectivity index (χ0n) is 17.2. The lowest BCUT2D eigenvalue weighted by molar-refractivity contribution is 0.00697. The van der Waals surface area contributed by atoms with E-state index in [0.29, 0.717) is 0 Å². The summed E-state index contributed by atoms with van der Waals surface area (Å²) in [6.45, 7) is 13.2. The Kier molecular flexibility index (Phi) is 9.58. The highest BCUT2D eigenvalue weighted by Crippen LogP contribution is 2.36. The van der Waals surface area contributed by atoms with Crippen molar-refractivity contribution in [3.63, 3.8) is 0 Å². The van der Waals surface area contributed by atoms with Crippen molar-refractivity contribution in [2.75, 3.05) is 59.0 Å². The van der Waals surface area contributed by atoms with Gasteiger partial charge in [0.2, 0.25) is 0 Å². The molecule has 0 radical (unpaired) electrons. The summed E-state index contributed by atoms with van der Waals surface area (Å²) >= 11 is 0. The molecule has 0 aromatic carbocycles. The molecule has 0 bridgehead atoms. The monoisotopic (exact) mass is 494 g/mol. The molecule has 158 valence electrons. The molecule has 1 aliphatic carbocycles. The number of aliphatic imine (C=N–C) groups is 1. The number of aliphatic hydroxyl groups excluding tert-OH is 1. The lowest BCUT2D eigenvalue weighted by atomic mass is 9.73. The molecule has 3 rings (SSSR count). The van der Waals surface area contributed by atoms with Crippen LogP contribution in [0.15, 0.2) is 4.99 Å². The van der Waals surface area contributed by atoms with Gasteiger partial charge < -0.3 is 20.1 Å². The van der Waals surface area contributed by atoms with Crippen LogP contribution >= 0.6 is 24.0 Å². The number of aliphatic hydroxyl groups is 1. The highest BCUT2D eigenvalue weighted by molar-refractivity contribution is 14.0. The van der Waals surface area contributed by atoms with Gasteiger partial charge in [0.05, 0.1) is 19.3 Å². The van der Waals surface area contributed by atoms with Crippen LogP contribution in [-0.2, 0) is 4.74 Å². The topological polar surface area (TPSA) is 60.3 Å². The van der Waals surface area contributed by atoms with E-state index in [2.05, 4.69) is 29.0 Å². The van der Waals surface area contributed by atoms with Crippen LogP contribution in [0.4, 0.5) is 0 Å². The fourth-order valence-corrected chi connectivity index (χ4v) is 4.48. The molecule has 0 aromatic rings. The van der Waals surface area contributed by atoms with Crippen LogP contribution in [-0.4, -0.2) is 86.0 Å². The third-order valence-corrected chi connectivity index (χ3v) is 6.42. The first kappa shape index (κ1) is 23.2. The summed E-state index contributed by atoms with van der Waals surface area (Å²) in [6.07, 6.45) is 5.36. The van der Waals surface area contributed by atoms with Crippen LogP contribution in [0.1, 0.15) is 46.0 Å². The summed E-state index contributed by atoms with van der Waals surface area (Å²) in [5.41, 5.74) is -0.0663. The lowest BCUT2D eigenvalue weighted by Crippen LogP contribution is -2.53. The molecule has 2 N–H and O–H groups in total. The van der Waals surface area contributed by atoms with Crippen molar-refractivity contribution in [3.8, 4) is 0 Å². The SMILES string of the molecule is CCNC(=NCC1(C)CCCCC1O)N1CCN(CC2CCOC2)CC1.I. The Labute approximate surface area is 182 Å². The number of nitrogens with zero attached hydrogens (tertiary/aromatic N) is 3. The molecule has 2 saturated heterocycles. The third kappa shape index (κ3) is 6.44. The van der Waals surface area contributed by atoms with Crippen LogP contribution in [0.25, 0.3) is 0 Å². The summed E-state index contributed by atoms with van der Waals surface area (Å²) in [5.74, 6) is 1.74. The summed E-state index contributed by atoms with van der Waals surface area (Å²) in [6, 6.07) is 0. The maximum Gasteiger partial charge on any atom is 0.194 e. The predicted molar refractivity (Wildman–Crippen MR) is 121 cm³/mol. The molecule has 1 saturated carbocycles. The minimum Gasteiger partial charge on any atom is -0.392 e. The summed E-state index contributed by atoms with van der Waals surface area (Å²) in [5, 5.41) is 13.9. The molecule has 2 aliphatic heterocycles. The van der Waals surface area contributed by atoms with Crippen molar-refractivity contribution in [1.82, 2.24) is 15.1 Å². The van der Waals surface area contributed by atoms with Crippen molar-refractivity contribution < 1.29 is 9.84 Å². The van der Waals surface area contributed by atoms with Crippen molar-refractivity contribution in [3.05, 3.63) is 0 Å². The first-order valence-corrected chi connectivity index (χ1v) is 10.6. The number of nitrogens with one attached hydrogen (secondary N) is 1. The molecule has 7 heteroatoms. The van der Waals surface area contributed by atoms with Crippen molar-refractivity contribution in [2.24, 2.45) is 16.3 Å². The van der Waals surface area contributed by atoms with E-state index in [1.807, 2.05) is 0 Å². The van der Waals surface area contributed by atoms with E-state index in [1.54, 1.807) is 0 Å². The Morgan fingerprint density at radius 1 is 1.22 bits per heavy atom. The van der Waals surface area contributed by atoms with Crippen LogP contribution < -0.4 is 5.32 Å². The van der Waals surface area contributed by atoms with E-state index in [4.69, 9.17) is 9.73 Å². The number of hydrogen-bond donors (Lipinski definition) is 2. The number of guanidine groups is 1. The molecule has 6 nitrogen and oxygen atoms in total. The van der Waals surface area contributed by atoms with Crippen LogP contribution in [0.5, 0.6) is 0 Å². The van der Waals surface area contributed by atoms with Gasteiger partial charge in [-0.2, -0.15) is 0 Å². The average Bonchev–Trinajstić information content (AvgIpc) is 3.15. The molecule has 3 fully saturated rings. The van der Waals surface area contributed by atoms with E-state index in [1.165, 1.54) is 19.4 Å². The quantitative estimate of drug-likeness (QED) is 0.349. The molecular weight excluding hydrogens is 455 g/mol. The van der Waals surface area contributed by atoms with Gasteiger partial charge in [-0.3, -0.25) is 9.89 Å². The zero-order valence-corrected chi connectivity index (χ0v) is 19.5. The van der Waals surface area contributed by atoms with Gasteiger partial charge in [0.15, 0.2) is 5.96 Å². The molecule has 3 aliphatic rings. The Morgan fingerprint density at radius 3 is 2.63 bits per heavy atom. The molecule has 27 heavy (non-hydrogen) atoms. The van der Waals surface area contributed by atoms with Crippen LogP contribution in [0, 0.1) is 11.3 Å². The van der Waals surface area contributed by atoms with Gasteiger partial charge in [-0.05, 0) is 32.1 Å². The first-order chi connectivity index (χ1) is 12.6.